The van der Waals surface area contributed by atoms with Crippen molar-refractivity contribution in [1.82, 2.24) is 9.88 Å². The van der Waals surface area contributed by atoms with Crippen LogP contribution >= 0.6 is 50.7 Å². The minimum Gasteiger partial charge on any atom is -0.361 e. The van der Waals surface area contributed by atoms with E-state index in [9.17, 15) is 0 Å². The maximum absolute atomic E-state index is 6.55. The number of halogens is 4. The van der Waals surface area contributed by atoms with Gasteiger partial charge in [0, 0.05) is 46.9 Å². The van der Waals surface area contributed by atoms with Gasteiger partial charge in [-0.05, 0) is 64.0 Å². The molecule has 0 saturated carbocycles. The number of hydrogen-bond donors (Lipinski definition) is 0. The third-order valence-electron chi connectivity index (χ3n) is 5.11. The fourth-order valence-electron chi connectivity index (χ4n) is 3.68. The first-order chi connectivity index (χ1) is 14.0. The largest absolute Gasteiger partial charge is 0.361 e. The van der Waals surface area contributed by atoms with Crippen LogP contribution in [-0.4, -0.2) is 29.5 Å². The van der Waals surface area contributed by atoms with Gasteiger partial charge in [0.05, 0.1) is 22.4 Å². The summed E-state index contributed by atoms with van der Waals surface area (Å²) < 4.78 is 0.988. The molecule has 0 bridgehead atoms. The summed E-state index contributed by atoms with van der Waals surface area (Å²) in [5.74, 6) is 0. The first kappa shape index (κ1) is 21.0. The zero-order valence-electron chi connectivity index (χ0n) is 15.5. The van der Waals surface area contributed by atoms with Crippen LogP contribution < -0.4 is 4.90 Å². The van der Waals surface area contributed by atoms with Crippen LogP contribution in [-0.2, 0) is 6.54 Å². The van der Waals surface area contributed by atoms with Gasteiger partial charge in [-0.1, -0.05) is 46.9 Å². The summed E-state index contributed by atoms with van der Waals surface area (Å²) in [6.07, 6.45) is 1.84. The van der Waals surface area contributed by atoms with Crippen molar-refractivity contribution in [2.45, 2.75) is 12.6 Å². The third-order valence-corrected chi connectivity index (χ3v) is 6.37. The number of nitrogens with zero attached hydrogens (tertiary/aromatic N) is 3. The predicted molar refractivity (Wildman–Crippen MR) is 125 cm³/mol. The van der Waals surface area contributed by atoms with Crippen molar-refractivity contribution in [2.75, 3.05) is 24.5 Å². The summed E-state index contributed by atoms with van der Waals surface area (Å²) >= 11 is 22.2. The van der Waals surface area contributed by atoms with Gasteiger partial charge < -0.3 is 4.90 Å². The van der Waals surface area contributed by atoms with Crippen LogP contribution in [0.2, 0.25) is 15.1 Å². The van der Waals surface area contributed by atoms with E-state index in [2.05, 4.69) is 48.9 Å². The predicted octanol–water partition coefficient (Wildman–Crippen LogP) is 6.87. The van der Waals surface area contributed by atoms with Crippen molar-refractivity contribution in [3.8, 4) is 0 Å². The first-order valence-electron chi connectivity index (χ1n) is 9.29. The van der Waals surface area contributed by atoms with Crippen LogP contribution in [0.4, 0.5) is 5.69 Å². The van der Waals surface area contributed by atoms with Gasteiger partial charge >= 0.3 is 0 Å². The molecule has 1 atom stereocenters. The van der Waals surface area contributed by atoms with Crippen molar-refractivity contribution in [2.24, 2.45) is 0 Å². The van der Waals surface area contributed by atoms with Crippen LogP contribution in [0, 0.1) is 0 Å². The lowest BCUT2D eigenvalue weighted by atomic mass is 10.0. The Morgan fingerprint density at radius 3 is 2.38 bits per heavy atom. The van der Waals surface area contributed by atoms with Gasteiger partial charge in [-0.3, -0.25) is 9.88 Å². The molecule has 0 N–H and O–H groups in total. The Bertz CT molecular complexity index is 980. The molecule has 0 unspecified atom stereocenters. The Kier molecular flexibility index (Phi) is 6.67. The molecule has 2 aromatic carbocycles. The van der Waals surface area contributed by atoms with Gasteiger partial charge in [0.25, 0.3) is 0 Å². The monoisotopic (exact) mass is 509 g/mol. The Balaban J connectivity index is 1.62. The zero-order chi connectivity index (χ0) is 20.4. The number of anilines is 1. The fraction of sp³-hybridized carbons (Fsp3) is 0.227. The molecule has 3 nitrogen and oxygen atoms in total. The van der Waals surface area contributed by atoms with Crippen molar-refractivity contribution < 1.29 is 0 Å². The lowest BCUT2D eigenvalue weighted by Gasteiger charge is -2.43. The second kappa shape index (κ2) is 9.23. The summed E-state index contributed by atoms with van der Waals surface area (Å²) in [4.78, 5) is 9.31. The van der Waals surface area contributed by atoms with Crippen molar-refractivity contribution >= 4 is 56.4 Å². The lowest BCUT2D eigenvalue weighted by molar-refractivity contribution is 0.213. The summed E-state index contributed by atoms with van der Waals surface area (Å²) in [5, 5.41) is 2.04. The molecule has 0 spiro atoms. The number of benzene rings is 2. The Morgan fingerprint density at radius 2 is 1.69 bits per heavy atom. The Hall–Kier alpha value is -1.30. The van der Waals surface area contributed by atoms with Crippen molar-refractivity contribution in [1.29, 1.82) is 0 Å². The second-order valence-electron chi connectivity index (χ2n) is 7.06. The number of pyridine rings is 1. The van der Waals surface area contributed by atoms with Gasteiger partial charge in [0.15, 0.2) is 0 Å². The van der Waals surface area contributed by atoms with E-state index < -0.39 is 0 Å². The average molecular weight is 512 g/mol. The number of hydrogen-bond acceptors (Lipinski definition) is 3. The molecule has 0 aliphatic carbocycles. The molecule has 29 heavy (non-hydrogen) atoms. The average Bonchev–Trinajstić information content (AvgIpc) is 2.71. The summed E-state index contributed by atoms with van der Waals surface area (Å²) in [6, 6.07) is 18.0. The maximum Gasteiger partial charge on any atom is 0.0670 e. The van der Waals surface area contributed by atoms with E-state index in [0.29, 0.717) is 10.0 Å². The van der Waals surface area contributed by atoms with Crippen molar-refractivity contribution in [3.05, 3.63) is 91.6 Å². The van der Waals surface area contributed by atoms with E-state index in [4.69, 9.17) is 34.8 Å². The van der Waals surface area contributed by atoms with Crippen LogP contribution in [0.1, 0.15) is 17.3 Å². The van der Waals surface area contributed by atoms with Crippen LogP contribution in [0.25, 0.3) is 0 Å². The number of aromatic nitrogens is 1. The van der Waals surface area contributed by atoms with Gasteiger partial charge in [-0.15, -0.1) is 0 Å². The molecule has 1 saturated heterocycles. The quantitative estimate of drug-likeness (QED) is 0.381. The standard InChI is InChI=1S/C22H19BrCl3N3/c23-16-3-7-19(27-12-16)13-28-9-10-29(21-8-6-18(25)11-20(21)26)22(14-28)15-1-4-17(24)5-2-15/h1-8,11-12,22H,9-10,13-14H2/t22-/m0/s1. The molecule has 2 heterocycles. The highest BCUT2D eigenvalue weighted by molar-refractivity contribution is 9.10. The fourth-order valence-corrected chi connectivity index (χ4v) is 4.56. The van der Waals surface area contributed by atoms with Crippen molar-refractivity contribution in [3.63, 3.8) is 0 Å². The zero-order valence-corrected chi connectivity index (χ0v) is 19.4. The molecule has 0 amide bonds. The highest BCUT2D eigenvalue weighted by Crippen LogP contribution is 2.37. The van der Waals surface area contributed by atoms with E-state index >= 15 is 0 Å². The molecule has 1 fully saturated rings. The lowest BCUT2D eigenvalue weighted by Crippen LogP contribution is -2.48. The highest BCUT2D eigenvalue weighted by atomic mass is 79.9. The molecule has 0 radical (unpaired) electrons. The number of rotatable bonds is 4. The van der Waals surface area contributed by atoms with Gasteiger partial charge in [-0.2, -0.15) is 0 Å². The molecule has 1 aromatic heterocycles. The van der Waals surface area contributed by atoms with E-state index in [1.165, 1.54) is 5.56 Å². The summed E-state index contributed by atoms with van der Waals surface area (Å²) in [6.45, 7) is 3.43. The van der Waals surface area contributed by atoms with Crippen LogP contribution in [0.3, 0.4) is 0 Å². The third kappa shape index (κ3) is 5.07. The molecule has 4 rings (SSSR count). The number of piperazine rings is 1. The Morgan fingerprint density at radius 1 is 0.931 bits per heavy atom. The van der Waals surface area contributed by atoms with Crippen LogP contribution in [0.15, 0.2) is 65.3 Å². The minimum absolute atomic E-state index is 0.148. The van der Waals surface area contributed by atoms with Gasteiger partial charge in [-0.25, -0.2) is 0 Å². The normalized spacial score (nSPS) is 17.5. The van der Waals surface area contributed by atoms with Gasteiger partial charge in [0.2, 0.25) is 0 Å². The topological polar surface area (TPSA) is 19.4 Å². The minimum atomic E-state index is 0.148. The molecule has 1 aliphatic rings. The molecular weight excluding hydrogens is 493 g/mol. The van der Waals surface area contributed by atoms with Crippen LogP contribution in [0.5, 0.6) is 0 Å². The van der Waals surface area contributed by atoms with E-state index in [1.54, 1.807) is 6.07 Å². The second-order valence-corrected chi connectivity index (χ2v) is 9.26. The first-order valence-corrected chi connectivity index (χ1v) is 11.2. The Labute approximate surface area is 194 Å². The van der Waals surface area contributed by atoms with E-state index in [0.717, 1.165) is 47.1 Å². The van der Waals surface area contributed by atoms with Gasteiger partial charge in [0.1, 0.15) is 0 Å². The molecule has 7 heteroatoms. The molecule has 1 aliphatic heterocycles. The molecular formula is C22H19BrCl3N3. The smallest absolute Gasteiger partial charge is 0.0670 e. The summed E-state index contributed by atoms with van der Waals surface area (Å²) in [5.41, 5.74) is 3.26. The van der Waals surface area contributed by atoms with E-state index in [-0.39, 0.29) is 6.04 Å². The maximum atomic E-state index is 6.55. The summed E-state index contributed by atoms with van der Waals surface area (Å²) in [7, 11) is 0. The highest BCUT2D eigenvalue weighted by Gasteiger charge is 2.30. The van der Waals surface area contributed by atoms with E-state index in [1.807, 2.05) is 36.5 Å². The molecule has 150 valence electrons. The SMILES string of the molecule is Clc1ccc([C@@H]2CN(Cc3ccc(Br)cn3)CCN2c2ccc(Cl)cc2Cl)cc1. The molecule has 3 aromatic rings.